The monoisotopic (exact) mass is 282 g/mol. The topological polar surface area (TPSA) is 74.4 Å². The highest BCUT2D eigenvalue weighted by molar-refractivity contribution is 7.99. The van der Waals surface area contributed by atoms with Gasteiger partial charge in [0.1, 0.15) is 12.6 Å². The molecule has 19 heavy (non-hydrogen) atoms. The molecule has 0 saturated carbocycles. The lowest BCUT2D eigenvalue weighted by Crippen LogP contribution is -2.41. The van der Waals surface area contributed by atoms with E-state index in [-0.39, 0.29) is 12.3 Å². The number of aryl methyl sites for hydroxylation is 1. The van der Waals surface area contributed by atoms with Crippen molar-refractivity contribution >= 4 is 23.6 Å². The Morgan fingerprint density at radius 2 is 2.16 bits per heavy atom. The molecule has 0 aromatic carbocycles. The molecule has 1 saturated heterocycles. The van der Waals surface area contributed by atoms with Gasteiger partial charge in [-0.15, -0.1) is 0 Å². The van der Waals surface area contributed by atoms with Crippen molar-refractivity contribution < 1.29 is 19.4 Å². The first kappa shape index (κ1) is 13.8. The van der Waals surface area contributed by atoms with Crippen LogP contribution in [0.2, 0.25) is 0 Å². The van der Waals surface area contributed by atoms with E-state index in [0.717, 1.165) is 24.6 Å². The van der Waals surface area contributed by atoms with Crippen LogP contribution in [0, 0.1) is 0 Å². The second kappa shape index (κ2) is 6.51. The molecular formula is C12H16N3O3S+. The summed E-state index contributed by atoms with van der Waals surface area (Å²) in [4.78, 5) is 24.4. The molecule has 2 heterocycles. The molecule has 102 valence electrons. The third-order valence-corrected chi connectivity index (χ3v) is 3.81. The molecule has 1 amide bonds. The first-order chi connectivity index (χ1) is 9.16. The summed E-state index contributed by atoms with van der Waals surface area (Å²) in [7, 11) is 0. The summed E-state index contributed by atoms with van der Waals surface area (Å²) in [5.74, 6) is 1.09. The van der Waals surface area contributed by atoms with E-state index in [4.69, 9.17) is 5.11 Å². The molecule has 1 aliphatic heterocycles. The minimum Gasteiger partial charge on any atom is -0.481 e. The van der Waals surface area contributed by atoms with E-state index < -0.39 is 5.97 Å². The van der Waals surface area contributed by atoms with Crippen molar-refractivity contribution in [3.63, 3.8) is 0 Å². The van der Waals surface area contributed by atoms with Crippen LogP contribution in [-0.4, -0.2) is 51.6 Å². The lowest BCUT2D eigenvalue weighted by Gasteiger charge is -2.26. The number of hydrogen-bond acceptors (Lipinski definition) is 4. The number of aliphatic carboxylic acids is 1. The highest BCUT2D eigenvalue weighted by Gasteiger charge is 2.19. The molecule has 0 aliphatic carbocycles. The first-order valence-electron chi connectivity index (χ1n) is 6.11. The van der Waals surface area contributed by atoms with Crippen LogP contribution < -0.4 is 4.68 Å². The fourth-order valence-corrected chi connectivity index (χ4v) is 2.71. The summed E-state index contributed by atoms with van der Waals surface area (Å²) in [6, 6.07) is 1.69. The number of hydrogen-bond donors (Lipinski definition) is 1. The van der Waals surface area contributed by atoms with Crippen molar-refractivity contribution in [3.05, 3.63) is 24.0 Å². The van der Waals surface area contributed by atoms with E-state index in [9.17, 15) is 9.59 Å². The van der Waals surface area contributed by atoms with Crippen molar-refractivity contribution in [2.45, 2.75) is 13.0 Å². The number of carbonyl (C=O) groups is 2. The molecule has 0 bridgehead atoms. The van der Waals surface area contributed by atoms with E-state index in [1.807, 2.05) is 16.7 Å². The van der Waals surface area contributed by atoms with Gasteiger partial charge in [-0.25, -0.2) is 0 Å². The standard InChI is InChI=1S/C12H15N3O3S/c16-11(17)2-4-15-3-1-10(9-13-15)12(18)14-5-7-19-8-6-14/h1,3,9H,2,4-8H2/p+1. The summed E-state index contributed by atoms with van der Waals surface area (Å²) >= 11 is 1.85. The molecule has 2 rings (SSSR count). The lowest BCUT2D eigenvalue weighted by molar-refractivity contribution is -0.753. The van der Waals surface area contributed by atoms with Crippen molar-refractivity contribution in [2.75, 3.05) is 24.6 Å². The summed E-state index contributed by atoms with van der Waals surface area (Å²) in [5.41, 5.74) is 0.554. The number of aromatic nitrogens is 2. The number of amides is 1. The Kier molecular flexibility index (Phi) is 4.73. The van der Waals surface area contributed by atoms with E-state index in [1.54, 1.807) is 12.3 Å². The number of carboxylic acid groups (broad SMARTS) is 1. The van der Waals surface area contributed by atoms with Gasteiger partial charge in [-0.2, -0.15) is 11.8 Å². The smallest absolute Gasteiger partial charge is 0.309 e. The Bertz CT molecular complexity index is 458. The number of rotatable bonds is 4. The zero-order valence-electron chi connectivity index (χ0n) is 10.5. The van der Waals surface area contributed by atoms with Gasteiger partial charge >= 0.3 is 5.97 Å². The third kappa shape index (κ3) is 3.92. The van der Waals surface area contributed by atoms with Crippen LogP contribution >= 0.6 is 11.8 Å². The number of nitrogens with zero attached hydrogens (tertiary/aromatic N) is 3. The highest BCUT2D eigenvalue weighted by atomic mass is 32.2. The van der Waals surface area contributed by atoms with Gasteiger partial charge < -0.3 is 10.0 Å². The highest BCUT2D eigenvalue weighted by Crippen LogP contribution is 2.11. The van der Waals surface area contributed by atoms with Crippen LogP contribution in [-0.2, 0) is 11.3 Å². The van der Waals surface area contributed by atoms with E-state index >= 15 is 0 Å². The van der Waals surface area contributed by atoms with Crippen molar-refractivity contribution in [3.8, 4) is 0 Å². The number of thioether (sulfide) groups is 1. The average Bonchev–Trinajstić information content (AvgIpc) is 2.46. The average molecular weight is 282 g/mol. The fraction of sp³-hybridized carbons (Fsp3) is 0.500. The minimum atomic E-state index is -0.861. The molecule has 1 aromatic rings. The van der Waals surface area contributed by atoms with Crippen molar-refractivity contribution in [1.82, 2.24) is 10.00 Å². The molecule has 0 unspecified atom stereocenters. The summed E-state index contributed by atoms with van der Waals surface area (Å²) in [6.07, 6.45) is 3.18. The van der Waals surface area contributed by atoms with Gasteiger partial charge in [-0.05, 0) is 5.10 Å². The minimum absolute atomic E-state index is 0.00168. The summed E-state index contributed by atoms with van der Waals surface area (Å²) < 4.78 is 1.52. The van der Waals surface area contributed by atoms with Gasteiger partial charge in [0, 0.05) is 30.7 Å². The van der Waals surface area contributed by atoms with E-state index in [2.05, 4.69) is 5.10 Å². The zero-order chi connectivity index (χ0) is 13.7. The zero-order valence-corrected chi connectivity index (χ0v) is 11.3. The fourth-order valence-electron chi connectivity index (χ4n) is 1.80. The maximum Gasteiger partial charge on any atom is 0.309 e. The molecule has 0 atom stereocenters. The second-order valence-corrected chi connectivity index (χ2v) is 5.45. The molecule has 6 nitrogen and oxygen atoms in total. The Hall–Kier alpha value is -1.63. The Morgan fingerprint density at radius 3 is 2.74 bits per heavy atom. The van der Waals surface area contributed by atoms with Gasteiger partial charge in [0.2, 0.25) is 0 Å². The normalized spacial score (nSPS) is 15.3. The maximum absolute atomic E-state index is 12.2. The van der Waals surface area contributed by atoms with Crippen molar-refractivity contribution in [1.29, 1.82) is 0 Å². The lowest BCUT2D eigenvalue weighted by atomic mass is 10.2. The summed E-state index contributed by atoms with van der Waals surface area (Å²) in [5, 5.41) is 12.7. The number of carbonyl (C=O) groups excluding carboxylic acids is 1. The third-order valence-electron chi connectivity index (χ3n) is 2.87. The Balaban J connectivity index is 1.97. The van der Waals surface area contributed by atoms with Crippen LogP contribution in [0.15, 0.2) is 18.5 Å². The quantitative estimate of drug-likeness (QED) is 0.789. The Labute approximate surface area is 115 Å². The van der Waals surface area contributed by atoms with Crippen LogP contribution in [0.4, 0.5) is 0 Å². The summed E-state index contributed by atoms with van der Waals surface area (Å²) in [6.45, 7) is 1.86. The predicted octanol–water partition coefficient (Wildman–Crippen LogP) is 0.0328. The van der Waals surface area contributed by atoms with Crippen LogP contribution in [0.25, 0.3) is 0 Å². The van der Waals surface area contributed by atoms with Gasteiger partial charge in [0.25, 0.3) is 5.91 Å². The van der Waals surface area contributed by atoms with Crippen LogP contribution in [0.1, 0.15) is 16.8 Å². The molecular weight excluding hydrogens is 266 g/mol. The largest absolute Gasteiger partial charge is 0.481 e. The predicted molar refractivity (Wildman–Crippen MR) is 69.9 cm³/mol. The molecule has 1 aliphatic rings. The molecule has 1 fully saturated rings. The maximum atomic E-state index is 12.2. The van der Waals surface area contributed by atoms with E-state index in [1.165, 1.54) is 10.9 Å². The van der Waals surface area contributed by atoms with Crippen molar-refractivity contribution in [2.24, 2.45) is 0 Å². The molecule has 1 N–H and O–H groups in total. The Morgan fingerprint density at radius 1 is 1.42 bits per heavy atom. The van der Waals surface area contributed by atoms with Gasteiger partial charge in [-0.3, -0.25) is 9.59 Å². The molecule has 0 radical (unpaired) electrons. The van der Waals surface area contributed by atoms with Gasteiger partial charge in [-0.1, -0.05) is 4.68 Å². The van der Waals surface area contributed by atoms with Gasteiger partial charge in [0.15, 0.2) is 12.7 Å². The molecule has 0 spiro atoms. The van der Waals surface area contributed by atoms with E-state index in [0.29, 0.717) is 12.1 Å². The van der Waals surface area contributed by atoms with Gasteiger partial charge in [0.05, 0.1) is 5.56 Å². The first-order valence-corrected chi connectivity index (χ1v) is 7.27. The second-order valence-electron chi connectivity index (χ2n) is 4.23. The molecule has 7 heteroatoms. The van der Waals surface area contributed by atoms with Crippen LogP contribution in [0.5, 0.6) is 0 Å². The van der Waals surface area contributed by atoms with Crippen LogP contribution in [0.3, 0.4) is 0 Å². The SMILES string of the molecule is O=C(O)CC[n+]1ccc(C(=O)N2CCSCC2)cn1. The number of carboxylic acids is 1. The molecule has 1 aromatic heterocycles.